The molecular weight excluding hydrogens is 336 g/mol. The van der Waals surface area contributed by atoms with E-state index < -0.39 is 5.97 Å². The highest BCUT2D eigenvalue weighted by atomic mass is 16.4. The van der Waals surface area contributed by atoms with Gasteiger partial charge in [-0.15, -0.1) is 0 Å². The molecule has 4 N–H and O–H groups in total. The summed E-state index contributed by atoms with van der Waals surface area (Å²) in [5.41, 5.74) is 3.86. The first-order chi connectivity index (χ1) is 13.1. The van der Waals surface area contributed by atoms with Crippen LogP contribution in [0.5, 0.6) is 0 Å². The maximum atomic E-state index is 8.89. The fourth-order valence-electron chi connectivity index (χ4n) is 2.87. The minimum absolute atomic E-state index is 0.972. The molecule has 27 heavy (non-hydrogen) atoms. The molecule has 0 aromatic carbocycles. The van der Waals surface area contributed by atoms with Gasteiger partial charge in [-0.3, -0.25) is 0 Å². The van der Waals surface area contributed by atoms with Crippen LogP contribution in [0.25, 0.3) is 0 Å². The van der Waals surface area contributed by atoms with Crippen molar-refractivity contribution in [2.45, 2.75) is 110 Å². The summed E-state index contributed by atoms with van der Waals surface area (Å²) in [6.45, 7) is 6.66. The molecule has 0 bridgehead atoms. The van der Waals surface area contributed by atoms with Crippen LogP contribution in [-0.4, -0.2) is 25.6 Å². The Morgan fingerprint density at radius 3 is 1.67 bits per heavy atom. The van der Waals surface area contributed by atoms with Gasteiger partial charge >= 0.3 is 0 Å². The van der Waals surface area contributed by atoms with Crippen LogP contribution in [0, 0.1) is 0 Å². The molecule has 4 heteroatoms. The Kier molecular flexibility index (Phi) is 28.7. The summed E-state index contributed by atoms with van der Waals surface area (Å²) < 4.78 is 0. The normalized spacial score (nSPS) is 10.8. The second-order valence-electron chi connectivity index (χ2n) is 7.39. The van der Waals surface area contributed by atoms with Gasteiger partial charge in [-0.05, 0) is 45.6 Å². The lowest BCUT2D eigenvalue weighted by atomic mass is 10.1. The summed E-state index contributed by atoms with van der Waals surface area (Å²) in [6.07, 6.45) is 25.5. The number of carboxylic acid groups (broad SMARTS) is 1. The second kappa shape index (κ2) is 27.3. The highest BCUT2D eigenvalue weighted by molar-refractivity contribution is 5.60. The molecule has 0 aliphatic carbocycles. The number of quaternary nitrogens is 1. The zero-order chi connectivity index (χ0) is 20.4. The number of carbonyl (C=O) groups is 1. The van der Waals surface area contributed by atoms with Crippen molar-refractivity contribution in [1.29, 1.82) is 0 Å². The summed E-state index contributed by atoms with van der Waals surface area (Å²) in [6, 6.07) is 0. The number of unbranched alkanes of at least 4 members (excludes halogenated alkanes) is 12. The number of aliphatic carboxylic acids is 1. The number of rotatable bonds is 19. The summed E-state index contributed by atoms with van der Waals surface area (Å²) in [7, 11) is 0. The second-order valence-corrected chi connectivity index (χ2v) is 7.39. The van der Waals surface area contributed by atoms with E-state index in [0.29, 0.717) is 0 Å². The number of nitrogens with one attached hydrogen (secondary N) is 1. The zero-order valence-corrected chi connectivity index (χ0v) is 18.4. The van der Waals surface area contributed by atoms with E-state index in [0.717, 1.165) is 20.0 Å². The van der Waals surface area contributed by atoms with Crippen molar-refractivity contribution in [2.24, 2.45) is 0 Å². The quantitative estimate of drug-likeness (QED) is 0.261. The Balaban J connectivity index is 0. The summed E-state index contributed by atoms with van der Waals surface area (Å²) in [5, 5.41) is 12.4. The van der Waals surface area contributed by atoms with Crippen LogP contribution in [0.1, 0.15) is 110 Å². The lowest BCUT2D eigenvalue weighted by molar-refractivity contribution is -0.367. The maximum Gasteiger partial charge on any atom is 0.0752 e. The third-order valence-electron chi connectivity index (χ3n) is 4.47. The average Bonchev–Trinajstić information content (AvgIpc) is 2.63. The van der Waals surface area contributed by atoms with Gasteiger partial charge < -0.3 is 21.0 Å². The Morgan fingerprint density at radius 1 is 0.778 bits per heavy atom. The summed E-state index contributed by atoms with van der Waals surface area (Å²) in [5.74, 6) is -1.08. The Morgan fingerprint density at radius 2 is 1.19 bits per heavy atom. The summed E-state index contributed by atoms with van der Waals surface area (Å²) >= 11 is 0. The van der Waals surface area contributed by atoms with Crippen molar-refractivity contribution in [1.82, 2.24) is 5.32 Å². The largest absolute Gasteiger partial charge is 0.550 e. The van der Waals surface area contributed by atoms with Crippen LogP contribution < -0.4 is 16.2 Å². The van der Waals surface area contributed by atoms with Gasteiger partial charge in [0.15, 0.2) is 0 Å². The minimum Gasteiger partial charge on any atom is -0.550 e. The molecule has 0 saturated heterocycles. The van der Waals surface area contributed by atoms with E-state index in [-0.39, 0.29) is 0 Å². The topological polar surface area (TPSA) is 79.8 Å². The summed E-state index contributed by atoms with van der Waals surface area (Å²) in [4.78, 5) is 8.89. The van der Waals surface area contributed by atoms with Gasteiger partial charge in [0.05, 0.1) is 6.54 Å². The molecular formula is C23H48N2O2. The number of carbonyl (C=O) groups excluding carboxylic acids is 1. The molecule has 0 atom stereocenters. The van der Waals surface area contributed by atoms with Gasteiger partial charge in [-0.1, -0.05) is 76.9 Å². The molecule has 0 aliphatic heterocycles. The Labute approximate surface area is 169 Å². The number of hydrogen-bond donors (Lipinski definition) is 2. The molecule has 0 rings (SSSR count). The molecule has 162 valence electrons. The average molecular weight is 385 g/mol. The van der Waals surface area contributed by atoms with Crippen molar-refractivity contribution in [3.63, 3.8) is 0 Å². The number of allylic oxidation sites excluding steroid dienone is 2. The molecule has 0 saturated carbocycles. The van der Waals surface area contributed by atoms with E-state index in [1.165, 1.54) is 103 Å². The fraction of sp³-hybridized carbons (Fsp3) is 0.870. The molecule has 0 aliphatic rings. The molecule has 4 nitrogen and oxygen atoms in total. The lowest BCUT2D eigenvalue weighted by Crippen LogP contribution is -2.51. The van der Waals surface area contributed by atoms with Gasteiger partial charge in [0.2, 0.25) is 0 Å². The standard InChI is InChI=1S/C21H44N2.C2H4O2/c1-2-3-4-5-6-7-8-9-10-11-12-13-14-15-16-17-20-23-21-18-19-22;1-2(3)4/h9-10,23H,2-8,11-22H2,1H3;1H3,(H,3,4). The van der Waals surface area contributed by atoms with E-state index in [4.69, 9.17) is 9.90 Å². The molecule has 0 heterocycles. The van der Waals surface area contributed by atoms with Crippen molar-refractivity contribution in [2.75, 3.05) is 19.6 Å². The van der Waals surface area contributed by atoms with E-state index in [2.05, 4.69) is 30.1 Å². The number of hydrogen-bond acceptors (Lipinski definition) is 3. The third kappa shape index (κ3) is 36.7. The molecule has 0 radical (unpaired) electrons. The van der Waals surface area contributed by atoms with E-state index in [9.17, 15) is 0 Å². The molecule has 0 amide bonds. The molecule has 0 fully saturated rings. The van der Waals surface area contributed by atoms with Crippen LogP contribution in [0.15, 0.2) is 12.2 Å². The van der Waals surface area contributed by atoms with Crippen LogP contribution in [0.2, 0.25) is 0 Å². The van der Waals surface area contributed by atoms with Crippen molar-refractivity contribution in [3.8, 4) is 0 Å². The van der Waals surface area contributed by atoms with Crippen LogP contribution in [0.4, 0.5) is 0 Å². The maximum absolute atomic E-state index is 8.89. The van der Waals surface area contributed by atoms with Crippen molar-refractivity contribution in [3.05, 3.63) is 12.2 Å². The van der Waals surface area contributed by atoms with Gasteiger partial charge in [-0.2, -0.15) is 0 Å². The third-order valence-corrected chi connectivity index (χ3v) is 4.47. The van der Waals surface area contributed by atoms with E-state index in [1.54, 1.807) is 0 Å². The highest BCUT2D eigenvalue weighted by Gasteiger charge is 1.92. The first kappa shape index (κ1) is 28.3. The van der Waals surface area contributed by atoms with Crippen LogP contribution >= 0.6 is 0 Å². The van der Waals surface area contributed by atoms with Crippen molar-refractivity contribution < 1.29 is 15.6 Å². The predicted molar refractivity (Wildman–Crippen MR) is 115 cm³/mol. The molecule has 0 aromatic rings. The van der Waals surface area contributed by atoms with Gasteiger partial charge in [0, 0.05) is 18.9 Å². The Bertz CT molecular complexity index is 303. The monoisotopic (exact) mass is 384 g/mol. The predicted octanol–water partition coefficient (Wildman–Crippen LogP) is 4.00. The molecule has 0 unspecified atom stereocenters. The van der Waals surface area contributed by atoms with Gasteiger partial charge in [-0.25, -0.2) is 0 Å². The van der Waals surface area contributed by atoms with Crippen molar-refractivity contribution >= 4 is 5.97 Å². The minimum atomic E-state index is -1.08. The van der Waals surface area contributed by atoms with Gasteiger partial charge in [0.25, 0.3) is 0 Å². The first-order valence-corrected chi connectivity index (χ1v) is 11.5. The lowest BCUT2D eigenvalue weighted by Gasteiger charge is -2.03. The first-order valence-electron chi connectivity index (χ1n) is 11.5. The van der Waals surface area contributed by atoms with E-state index in [1.807, 2.05) is 0 Å². The van der Waals surface area contributed by atoms with Crippen LogP contribution in [0.3, 0.4) is 0 Å². The Hall–Kier alpha value is -0.870. The zero-order valence-electron chi connectivity index (χ0n) is 18.4. The fourth-order valence-corrected chi connectivity index (χ4v) is 2.87. The van der Waals surface area contributed by atoms with E-state index >= 15 is 0 Å². The smallest absolute Gasteiger partial charge is 0.0752 e. The van der Waals surface area contributed by atoms with Gasteiger partial charge in [0.1, 0.15) is 0 Å². The van der Waals surface area contributed by atoms with Crippen LogP contribution in [-0.2, 0) is 4.79 Å². The molecule has 0 spiro atoms. The number of carboxylic acids is 1. The highest BCUT2D eigenvalue weighted by Crippen LogP contribution is 2.09. The SMILES string of the molecule is CC(=O)[O-].CCCCCCCCC=CCCCCCCCCNCCC[NH3+]. The molecule has 0 aromatic heterocycles.